The summed E-state index contributed by atoms with van der Waals surface area (Å²) in [7, 11) is 0. The fourth-order valence-corrected chi connectivity index (χ4v) is 3.70. The summed E-state index contributed by atoms with van der Waals surface area (Å²) in [6, 6.07) is 9.84. The van der Waals surface area contributed by atoms with E-state index in [0.29, 0.717) is 0 Å². The average molecular weight is 244 g/mol. The minimum atomic E-state index is 0.139. The van der Waals surface area contributed by atoms with E-state index in [-0.39, 0.29) is 6.04 Å². The SMILES string of the molecule is C[C@@H](N)c1ccc(N2CCC3CCCCC32)cc1. The largest absolute Gasteiger partial charge is 0.368 e. The van der Waals surface area contributed by atoms with E-state index in [4.69, 9.17) is 5.73 Å². The molecule has 1 saturated carbocycles. The molecule has 0 amide bonds. The molecule has 3 rings (SSSR count). The predicted molar refractivity (Wildman–Crippen MR) is 76.8 cm³/mol. The van der Waals surface area contributed by atoms with Crippen molar-refractivity contribution in [2.45, 2.75) is 51.1 Å². The molecule has 2 fully saturated rings. The van der Waals surface area contributed by atoms with Gasteiger partial charge in [-0.2, -0.15) is 0 Å². The topological polar surface area (TPSA) is 29.3 Å². The Morgan fingerprint density at radius 3 is 2.56 bits per heavy atom. The summed E-state index contributed by atoms with van der Waals surface area (Å²) in [6.45, 7) is 3.29. The van der Waals surface area contributed by atoms with Crippen LogP contribution in [-0.2, 0) is 0 Å². The Hall–Kier alpha value is -1.02. The minimum Gasteiger partial charge on any atom is -0.368 e. The monoisotopic (exact) mass is 244 g/mol. The second-order valence-corrected chi connectivity index (χ2v) is 5.97. The molecule has 0 spiro atoms. The molecular weight excluding hydrogens is 220 g/mol. The van der Waals surface area contributed by atoms with Crippen LogP contribution in [0.2, 0.25) is 0 Å². The van der Waals surface area contributed by atoms with Crippen molar-refractivity contribution in [3.63, 3.8) is 0 Å². The van der Waals surface area contributed by atoms with Gasteiger partial charge in [-0.25, -0.2) is 0 Å². The Labute approximate surface area is 110 Å². The van der Waals surface area contributed by atoms with Crippen LogP contribution < -0.4 is 10.6 Å². The summed E-state index contributed by atoms with van der Waals surface area (Å²) in [5.41, 5.74) is 8.54. The Balaban J connectivity index is 1.78. The molecule has 0 radical (unpaired) electrons. The second-order valence-electron chi connectivity index (χ2n) is 5.97. The molecule has 1 saturated heterocycles. The minimum absolute atomic E-state index is 0.139. The van der Waals surface area contributed by atoms with Crippen LogP contribution in [0.5, 0.6) is 0 Å². The molecule has 2 heteroatoms. The smallest absolute Gasteiger partial charge is 0.0369 e. The molecule has 2 N–H and O–H groups in total. The lowest BCUT2D eigenvalue weighted by molar-refractivity contribution is 0.342. The van der Waals surface area contributed by atoms with Gasteiger partial charge < -0.3 is 10.6 Å². The number of hydrogen-bond donors (Lipinski definition) is 1. The number of benzene rings is 1. The molecule has 2 aliphatic rings. The maximum absolute atomic E-state index is 5.91. The highest BCUT2D eigenvalue weighted by molar-refractivity contribution is 5.50. The second kappa shape index (κ2) is 4.93. The van der Waals surface area contributed by atoms with E-state index >= 15 is 0 Å². The van der Waals surface area contributed by atoms with Crippen molar-refractivity contribution in [3.8, 4) is 0 Å². The van der Waals surface area contributed by atoms with Crippen LogP contribution in [0.4, 0.5) is 5.69 Å². The predicted octanol–water partition coefficient (Wildman–Crippen LogP) is 3.48. The first-order chi connectivity index (χ1) is 8.75. The summed E-state index contributed by atoms with van der Waals surface area (Å²) in [4.78, 5) is 2.63. The van der Waals surface area contributed by atoms with Crippen LogP contribution >= 0.6 is 0 Å². The first kappa shape index (κ1) is 12.0. The Morgan fingerprint density at radius 1 is 1.11 bits per heavy atom. The summed E-state index contributed by atoms with van der Waals surface area (Å²) < 4.78 is 0. The van der Waals surface area contributed by atoms with E-state index in [0.717, 1.165) is 12.0 Å². The third-order valence-corrected chi connectivity index (χ3v) is 4.76. The molecule has 98 valence electrons. The van der Waals surface area contributed by atoms with Crippen LogP contribution in [0.3, 0.4) is 0 Å². The van der Waals surface area contributed by atoms with E-state index in [9.17, 15) is 0 Å². The van der Waals surface area contributed by atoms with Crippen LogP contribution in [0.25, 0.3) is 0 Å². The highest BCUT2D eigenvalue weighted by Gasteiger charge is 2.35. The van der Waals surface area contributed by atoms with E-state index in [1.807, 2.05) is 6.92 Å². The Bertz CT molecular complexity index is 396. The van der Waals surface area contributed by atoms with Crippen molar-refractivity contribution in [3.05, 3.63) is 29.8 Å². The Kier molecular flexibility index (Phi) is 3.29. The summed E-state index contributed by atoms with van der Waals surface area (Å²) >= 11 is 0. The number of nitrogens with two attached hydrogens (primary N) is 1. The third-order valence-electron chi connectivity index (χ3n) is 4.76. The van der Waals surface area contributed by atoms with Gasteiger partial charge in [-0.3, -0.25) is 0 Å². The van der Waals surface area contributed by atoms with Crippen LogP contribution in [0.15, 0.2) is 24.3 Å². The van der Waals surface area contributed by atoms with Gasteiger partial charge in [-0.1, -0.05) is 25.0 Å². The first-order valence-corrected chi connectivity index (χ1v) is 7.38. The van der Waals surface area contributed by atoms with E-state index in [2.05, 4.69) is 29.2 Å². The van der Waals surface area contributed by atoms with E-state index < -0.39 is 0 Å². The molecule has 1 aliphatic carbocycles. The molecule has 1 heterocycles. The molecule has 2 unspecified atom stereocenters. The molecule has 1 aromatic carbocycles. The molecule has 3 atom stereocenters. The fraction of sp³-hybridized carbons (Fsp3) is 0.625. The van der Waals surface area contributed by atoms with E-state index in [1.165, 1.54) is 49.9 Å². The van der Waals surface area contributed by atoms with Gasteiger partial charge in [0.1, 0.15) is 0 Å². The molecule has 0 aromatic heterocycles. The standard InChI is InChI=1S/C16H24N2/c1-12(17)13-6-8-15(9-7-13)18-11-10-14-4-2-3-5-16(14)18/h6-9,12,14,16H,2-5,10-11,17H2,1H3/t12-,14?,16?/m1/s1. The highest BCUT2D eigenvalue weighted by Crippen LogP contribution is 2.38. The lowest BCUT2D eigenvalue weighted by Gasteiger charge is -2.33. The summed E-state index contributed by atoms with van der Waals surface area (Å²) in [6.07, 6.45) is 7.08. The van der Waals surface area contributed by atoms with Crippen LogP contribution in [0, 0.1) is 5.92 Å². The van der Waals surface area contributed by atoms with Gasteiger partial charge in [-0.05, 0) is 49.8 Å². The van der Waals surface area contributed by atoms with Crippen LogP contribution in [-0.4, -0.2) is 12.6 Å². The van der Waals surface area contributed by atoms with Gasteiger partial charge in [0.05, 0.1) is 0 Å². The normalized spacial score (nSPS) is 29.1. The van der Waals surface area contributed by atoms with Gasteiger partial charge in [0.2, 0.25) is 0 Å². The Morgan fingerprint density at radius 2 is 1.83 bits per heavy atom. The number of hydrogen-bond acceptors (Lipinski definition) is 2. The van der Waals surface area contributed by atoms with Gasteiger partial charge in [0, 0.05) is 24.3 Å². The van der Waals surface area contributed by atoms with Gasteiger partial charge in [0.25, 0.3) is 0 Å². The van der Waals surface area contributed by atoms with Gasteiger partial charge >= 0.3 is 0 Å². The van der Waals surface area contributed by atoms with Gasteiger partial charge in [-0.15, -0.1) is 0 Å². The fourth-order valence-electron chi connectivity index (χ4n) is 3.70. The number of nitrogens with zero attached hydrogens (tertiary/aromatic N) is 1. The summed E-state index contributed by atoms with van der Waals surface area (Å²) in [5, 5.41) is 0. The lowest BCUT2D eigenvalue weighted by Crippen LogP contribution is -2.34. The quantitative estimate of drug-likeness (QED) is 0.863. The molecule has 0 bridgehead atoms. The van der Waals surface area contributed by atoms with Crippen molar-refractivity contribution < 1.29 is 0 Å². The lowest BCUT2D eigenvalue weighted by atomic mass is 9.85. The van der Waals surface area contributed by atoms with Crippen molar-refractivity contribution >= 4 is 5.69 Å². The number of rotatable bonds is 2. The number of anilines is 1. The van der Waals surface area contributed by atoms with Crippen LogP contribution in [0.1, 0.15) is 50.6 Å². The highest BCUT2D eigenvalue weighted by atomic mass is 15.2. The van der Waals surface area contributed by atoms with E-state index in [1.54, 1.807) is 0 Å². The summed E-state index contributed by atoms with van der Waals surface area (Å²) in [5.74, 6) is 0.951. The first-order valence-electron chi connectivity index (χ1n) is 7.38. The van der Waals surface area contributed by atoms with Crippen molar-refractivity contribution in [2.24, 2.45) is 11.7 Å². The maximum atomic E-state index is 5.91. The van der Waals surface area contributed by atoms with Crippen molar-refractivity contribution in [2.75, 3.05) is 11.4 Å². The maximum Gasteiger partial charge on any atom is 0.0369 e. The third kappa shape index (κ3) is 2.14. The zero-order chi connectivity index (χ0) is 12.5. The average Bonchev–Trinajstić information content (AvgIpc) is 2.82. The zero-order valence-electron chi connectivity index (χ0n) is 11.3. The van der Waals surface area contributed by atoms with Crippen molar-refractivity contribution in [1.29, 1.82) is 0 Å². The van der Waals surface area contributed by atoms with Gasteiger partial charge in [0.15, 0.2) is 0 Å². The zero-order valence-corrected chi connectivity index (χ0v) is 11.3. The molecular formula is C16H24N2. The molecule has 18 heavy (non-hydrogen) atoms. The molecule has 1 aliphatic heterocycles. The molecule has 1 aromatic rings. The molecule has 2 nitrogen and oxygen atoms in total. The van der Waals surface area contributed by atoms with Crippen molar-refractivity contribution in [1.82, 2.24) is 0 Å². The number of fused-ring (bicyclic) bond motifs is 1.